The Kier molecular flexibility index (Phi) is 10.1. The zero-order valence-corrected chi connectivity index (χ0v) is 23.3. The number of nitrogens with zero attached hydrogens (tertiary/aromatic N) is 1. The number of rotatable bonds is 9. The minimum Gasteiger partial charge on any atom is -0.469 e. The van der Waals surface area contributed by atoms with E-state index in [0.717, 1.165) is 16.1 Å². The molecule has 0 aliphatic carbocycles. The minimum atomic E-state index is -0.561. The fraction of sp³-hybridized carbons (Fsp3) is 0.241. The molecule has 10 heteroatoms. The van der Waals surface area contributed by atoms with Gasteiger partial charge in [-0.2, -0.15) is 0 Å². The van der Waals surface area contributed by atoms with Crippen molar-refractivity contribution in [2.45, 2.75) is 38.1 Å². The van der Waals surface area contributed by atoms with Gasteiger partial charge in [0.25, 0.3) is 0 Å². The van der Waals surface area contributed by atoms with Crippen LogP contribution in [0.1, 0.15) is 37.4 Å². The van der Waals surface area contributed by atoms with Crippen molar-refractivity contribution in [2.75, 3.05) is 28.9 Å². The summed E-state index contributed by atoms with van der Waals surface area (Å²) >= 11 is 1.44. The lowest BCUT2D eigenvalue weighted by atomic mass is 10.0. The molecule has 0 bridgehead atoms. The van der Waals surface area contributed by atoms with Crippen molar-refractivity contribution in [1.82, 2.24) is 5.32 Å². The number of anilines is 4. The Morgan fingerprint density at radius 3 is 2.13 bits per heavy atom. The summed E-state index contributed by atoms with van der Waals surface area (Å²) in [6.07, 6.45) is 1.87. The van der Waals surface area contributed by atoms with E-state index in [-0.39, 0.29) is 24.3 Å². The summed E-state index contributed by atoms with van der Waals surface area (Å²) in [4.78, 5) is 51.2. The second kappa shape index (κ2) is 13.5. The van der Waals surface area contributed by atoms with Crippen LogP contribution in [0.4, 0.5) is 27.5 Å². The monoisotopic (exact) mass is 548 g/mol. The molecule has 0 unspecified atom stereocenters. The summed E-state index contributed by atoms with van der Waals surface area (Å²) in [5.41, 5.74) is 4.21. The van der Waals surface area contributed by atoms with Gasteiger partial charge < -0.3 is 20.7 Å². The van der Waals surface area contributed by atoms with Crippen LogP contribution in [0.3, 0.4) is 0 Å². The highest BCUT2D eigenvalue weighted by Crippen LogP contribution is 2.34. The lowest BCUT2D eigenvalue weighted by molar-refractivity contribution is -0.141. The minimum absolute atomic E-state index is 0.0190. The average Bonchev–Trinajstić information content (AvgIpc) is 2.90. The maximum atomic E-state index is 12.7. The van der Waals surface area contributed by atoms with Crippen molar-refractivity contribution >= 4 is 58.3 Å². The van der Waals surface area contributed by atoms with E-state index in [2.05, 4.69) is 16.0 Å². The molecule has 204 valence electrons. The predicted molar refractivity (Wildman–Crippen MR) is 154 cm³/mol. The zero-order chi connectivity index (χ0) is 28.5. The van der Waals surface area contributed by atoms with Gasteiger partial charge in [-0.1, -0.05) is 30.3 Å². The van der Waals surface area contributed by atoms with E-state index in [1.807, 2.05) is 43.5 Å². The molecule has 0 spiro atoms. The van der Waals surface area contributed by atoms with Crippen LogP contribution in [-0.4, -0.2) is 37.2 Å². The predicted octanol–water partition coefficient (Wildman–Crippen LogP) is 5.79. The fourth-order valence-corrected chi connectivity index (χ4v) is 4.60. The standard InChI is InChI=1S/C29H32N4O5S/c1-18-8-6-7-9-24(18)31-29(37)32-25-15-14-23(16-27(25)39-5)33(20(3)35)22-12-10-21(11-13-22)26(30-19(2)34)17-28(36)38-4/h6-16,26H,17H2,1-5H3,(H,30,34)(H2,31,32,37)/t26-/m1/s1. The van der Waals surface area contributed by atoms with Crippen molar-refractivity contribution in [2.24, 2.45) is 0 Å². The van der Waals surface area contributed by atoms with Gasteiger partial charge in [0, 0.05) is 30.1 Å². The summed E-state index contributed by atoms with van der Waals surface area (Å²) in [7, 11) is 1.29. The number of hydrogen-bond donors (Lipinski definition) is 3. The van der Waals surface area contributed by atoms with Gasteiger partial charge in [0.2, 0.25) is 11.8 Å². The van der Waals surface area contributed by atoms with Gasteiger partial charge in [0.05, 0.1) is 30.9 Å². The molecule has 0 heterocycles. The van der Waals surface area contributed by atoms with Crippen LogP contribution in [0, 0.1) is 6.92 Å². The number of hydrogen-bond acceptors (Lipinski definition) is 6. The van der Waals surface area contributed by atoms with Crippen molar-refractivity contribution in [3.8, 4) is 0 Å². The van der Waals surface area contributed by atoms with Crippen molar-refractivity contribution in [3.05, 3.63) is 77.9 Å². The van der Waals surface area contributed by atoms with Crippen molar-refractivity contribution < 1.29 is 23.9 Å². The molecule has 0 radical (unpaired) electrons. The first kappa shape index (κ1) is 29.2. The molecule has 3 aromatic rings. The van der Waals surface area contributed by atoms with E-state index in [1.54, 1.807) is 41.3 Å². The van der Waals surface area contributed by atoms with E-state index in [1.165, 1.54) is 32.7 Å². The first-order valence-corrected chi connectivity index (χ1v) is 13.4. The van der Waals surface area contributed by atoms with Crippen LogP contribution >= 0.6 is 11.8 Å². The average molecular weight is 549 g/mol. The quantitative estimate of drug-likeness (QED) is 0.230. The molecule has 3 aromatic carbocycles. The Balaban J connectivity index is 1.84. The topological polar surface area (TPSA) is 117 Å². The Morgan fingerprint density at radius 1 is 0.897 bits per heavy atom. The van der Waals surface area contributed by atoms with Crippen molar-refractivity contribution in [3.63, 3.8) is 0 Å². The maximum Gasteiger partial charge on any atom is 0.323 e. The molecule has 0 saturated heterocycles. The number of urea groups is 1. The highest BCUT2D eigenvalue weighted by Gasteiger charge is 2.20. The number of amides is 4. The highest BCUT2D eigenvalue weighted by molar-refractivity contribution is 7.98. The molecule has 39 heavy (non-hydrogen) atoms. The number of thioether (sulfide) groups is 1. The van der Waals surface area contributed by atoms with Crippen LogP contribution < -0.4 is 20.9 Å². The number of carbonyl (C=O) groups excluding carboxylic acids is 4. The third kappa shape index (κ3) is 7.84. The van der Waals surface area contributed by atoms with Crippen LogP contribution in [0.15, 0.2) is 71.6 Å². The Labute approximate surface area is 232 Å². The largest absolute Gasteiger partial charge is 0.469 e. The summed E-state index contributed by atoms with van der Waals surface area (Å²) < 4.78 is 4.75. The number of methoxy groups -OCH3 is 1. The molecule has 3 rings (SSSR count). The van der Waals surface area contributed by atoms with Crippen LogP contribution in [-0.2, 0) is 19.1 Å². The Bertz CT molecular complexity index is 1360. The van der Waals surface area contributed by atoms with Gasteiger partial charge in [0.15, 0.2) is 0 Å². The number of esters is 1. The summed E-state index contributed by atoms with van der Waals surface area (Å²) in [5, 5.41) is 8.49. The molecule has 1 atom stereocenters. The second-order valence-corrected chi connectivity index (χ2v) is 9.61. The lowest BCUT2D eigenvalue weighted by Crippen LogP contribution is -2.28. The number of ether oxygens (including phenoxy) is 1. The van der Waals surface area contributed by atoms with Gasteiger partial charge in [0.1, 0.15) is 0 Å². The molecule has 0 aromatic heterocycles. The van der Waals surface area contributed by atoms with E-state index < -0.39 is 12.0 Å². The molecule has 0 aliphatic rings. The summed E-state index contributed by atoms with van der Waals surface area (Å²) in [6.45, 7) is 4.76. The van der Waals surface area contributed by atoms with Gasteiger partial charge in [-0.05, 0) is 60.7 Å². The lowest BCUT2D eigenvalue weighted by Gasteiger charge is -2.24. The molecule has 9 nitrogen and oxygen atoms in total. The Morgan fingerprint density at radius 2 is 1.54 bits per heavy atom. The molecule has 4 amide bonds. The maximum absolute atomic E-state index is 12.7. The van der Waals surface area contributed by atoms with Crippen molar-refractivity contribution in [1.29, 1.82) is 0 Å². The van der Waals surface area contributed by atoms with Crippen LogP contribution in [0.2, 0.25) is 0 Å². The molecule has 3 N–H and O–H groups in total. The number of nitrogens with one attached hydrogen (secondary N) is 3. The number of benzene rings is 3. The molecule has 0 aliphatic heterocycles. The normalized spacial score (nSPS) is 11.2. The first-order chi connectivity index (χ1) is 18.6. The third-order valence-electron chi connectivity index (χ3n) is 5.93. The number of carbonyl (C=O) groups is 4. The highest BCUT2D eigenvalue weighted by atomic mass is 32.2. The fourth-order valence-electron chi connectivity index (χ4n) is 4.03. The van der Waals surface area contributed by atoms with Gasteiger partial charge in [-0.15, -0.1) is 11.8 Å². The SMILES string of the molecule is COC(=O)C[C@@H](NC(C)=O)c1ccc(N(C(C)=O)c2ccc(NC(=O)Nc3ccccc3C)c(SC)c2)cc1. The van der Waals surface area contributed by atoms with E-state index >= 15 is 0 Å². The van der Waals surface area contributed by atoms with Crippen LogP contribution in [0.5, 0.6) is 0 Å². The van der Waals surface area contributed by atoms with Gasteiger partial charge >= 0.3 is 12.0 Å². The zero-order valence-electron chi connectivity index (χ0n) is 22.5. The molecular formula is C29H32N4O5S. The summed E-state index contributed by atoms with van der Waals surface area (Å²) in [5.74, 6) is -0.931. The molecular weight excluding hydrogens is 516 g/mol. The van der Waals surface area contributed by atoms with E-state index in [0.29, 0.717) is 22.6 Å². The van der Waals surface area contributed by atoms with Crippen LogP contribution in [0.25, 0.3) is 0 Å². The van der Waals surface area contributed by atoms with Gasteiger partial charge in [-0.3, -0.25) is 19.3 Å². The molecule has 0 fully saturated rings. The second-order valence-electron chi connectivity index (χ2n) is 8.76. The van der Waals surface area contributed by atoms with E-state index in [9.17, 15) is 19.2 Å². The molecule has 0 saturated carbocycles. The third-order valence-corrected chi connectivity index (χ3v) is 6.71. The smallest absolute Gasteiger partial charge is 0.323 e. The number of para-hydroxylation sites is 1. The first-order valence-electron chi connectivity index (χ1n) is 12.2. The summed E-state index contributed by atoms with van der Waals surface area (Å²) in [6, 6.07) is 19.0. The number of aryl methyl sites for hydroxylation is 1. The Hall–Kier alpha value is -4.31. The van der Waals surface area contributed by atoms with Gasteiger partial charge in [-0.25, -0.2) is 4.79 Å². The van der Waals surface area contributed by atoms with E-state index in [4.69, 9.17) is 4.74 Å².